The van der Waals surface area contributed by atoms with Crippen LogP contribution < -0.4 is 32.7 Å². The monoisotopic (exact) mass is 1000 g/mol. The molecule has 394 valence electrons. The van der Waals surface area contributed by atoms with Gasteiger partial charge >= 0.3 is 5.97 Å². The van der Waals surface area contributed by atoms with E-state index >= 15 is 0 Å². The van der Waals surface area contributed by atoms with Crippen molar-refractivity contribution in [3.8, 4) is 0 Å². The molecule has 0 radical (unpaired) electrons. The lowest BCUT2D eigenvalue weighted by molar-refractivity contribution is -0.139. The normalized spacial score (nSPS) is 12.4. The number of carboxylic acids is 1. The van der Waals surface area contributed by atoms with Crippen molar-refractivity contribution < 1.29 is 67.1 Å². The average Bonchev–Trinajstić information content (AvgIpc) is 3.36. The number of ketones is 3. The summed E-state index contributed by atoms with van der Waals surface area (Å²) in [6, 6.07) is 5.06. The molecule has 0 fully saturated rings. The van der Waals surface area contributed by atoms with E-state index in [-0.39, 0.29) is 97.3 Å². The van der Waals surface area contributed by atoms with E-state index in [9.17, 15) is 38.7 Å². The van der Waals surface area contributed by atoms with Gasteiger partial charge in [0.1, 0.15) is 23.4 Å². The van der Waals surface area contributed by atoms with Crippen LogP contribution in [0.1, 0.15) is 110 Å². The highest BCUT2D eigenvalue weighted by atomic mass is 16.5. The number of ether oxygens (including phenoxy) is 6. The smallest absolute Gasteiger partial charge is 0.326 e. The molecule has 0 saturated carbocycles. The number of amidine groups is 1. The molecule has 1 atom stereocenters. The van der Waals surface area contributed by atoms with Crippen LogP contribution in [0.3, 0.4) is 0 Å². The number of anilines is 1. The van der Waals surface area contributed by atoms with Gasteiger partial charge in [-0.1, -0.05) is 0 Å². The van der Waals surface area contributed by atoms with Gasteiger partial charge in [0.2, 0.25) is 11.8 Å². The number of aromatic nitrogens is 2. The predicted octanol–water partition coefficient (Wildman–Crippen LogP) is 1.96. The fraction of sp³-hybridized carbons (Fsp3) is 0.625. The zero-order valence-corrected chi connectivity index (χ0v) is 40.7. The van der Waals surface area contributed by atoms with Crippen LogP contribution in [0.4, 0.5) is 11.5 Å². The number of hydrogen-bond donors (Lipinski definition) is 7. The lowest BCUT2D eigenvalue weighted by Crippen LogP contribution is -2.41. The van der Waals surface area contributed by atoms with Gasteiger partial charge in [-0.3, -0.25) is 28.8 Å². The van der Waals surface area contributed by atoms with Gasteiger partial charge in [0, 0.05) is 82.9 Å². The first kappa shape index (κ1) is 59.5. The number of carboxylic acid groups (broad SMARTS) is 1. The molecule has 2 aromatic rings. The van der Waals surface area contributed by atoms with Gasteiger partial charge in [-0.25, -0.2) is 19.8 Å². The molecule has 23 heteroatoms. The number of nitrogens with two attached hydrogens (primary N) is 2. The largest absolute Gasteiger partial charge is 0.480 e. The molecule has 0 spiro atoms. The fourth-order valence-corrected chi connectivity index (χ4v) is 6.50. The van der Waals surface area contributed by atoms with Crippen molar-refractivity contribution in [1.82, 2.24) is 25.9 Å². The Kier molecular flexibility index (Phi) is 31.0. The number of fused-ring (bicyclic) bond motifs is 1. The van der Waals surface area contributed by atoms with E-state index in [0.717, 1.165) is 19.3 Å². The van der Waals surface area contributed by atoms with Crippen molar-refractivity contribution in [2.45, 2.75) is 96.1 Å². The molecule has 1 aliphatic rings. The zero-order chi connectivity index (χ0) is 51.3. The number of hydrogen-bond acceptors (Lipinski definition) is 19. The molecule has 9 N–H and O–H groups in total. The fourth-order valence-electron chi connectivity index (χ4n) is 6.50. The highest BCUT2D eigenvalue weighted by Crippen LogP contribution is 2.21. The van der Waals surface area contributed by atoms with Crippen molar-refractivity contribution in [1.29, 1.82) is 0 Å². The minimum Gasteiger partial charge on any atom is -0.480 e. The third-order valence-electron chi connectivity index (χ3n) is 10.5. The lowest BCUT2D eigenvalue weighted by atomic mass is 10.1. The number of carbonyl (C=O) groups excluding carboxylic acids is 6. The standard InChI is InChI=1S/C48H73N9O14/c49-32-39(59)8-2-4-20-67-24-28-70-27-23-66-19-3-1-7-38(58)13-15-43(61)51-17-5-21-68-25-29-71-30-26-69-22-6-18-52-44(62)16-14-40(48(64)65)56-47(63)35-9-11-36(12-10-35)53-33-37-34-54-46-45(55-37)41(60)31-42(50)57-46/h9-12,34,40,53H,1-8,13-33,49H2,(H,51,61)(H,52,62)(H,56,63)(H,64,65)(H2,50,54,57). The number of nitrogens with one attached hydrogen (secondary N) is 4. The maximum absolute atomic E-state index is 12.8. The first-order valence-corrected chi connectivity index (χ1v) is 24.3. The van der Waals surface area contributed by atoms with Gasteiger partial charge in [-0.15, -0.1) is 0 Å². The van der Waals surface area contributed by atoms with E-state index in [1.54, 1.807) is 12.1 Å². The molecule has 0 aliphatic carbocycles. The van der Waals surface area contributed by atoms with Crippen LogP contribution in [-0.2, 0) is 58.9 Å². The third-order valence-corrected chi connectivity index (χ3v) is 10.5. The molecule has 1 aliphatic heterocycles. The Hall–Kier alpha value is -5.82. The summed E-state index contributed by atoms with van der Waals surface area (Å²) in [5, 5.41) is 20.8. The van der Waals surface area contributed by atoms with E-state index in [1.165, 1.54) is 18.3 Å². The van der Waals surface area contributed by atoms with Gasteiger partial charge in [0.25, 0.3) is 5.91 Å². The number of aliphatic carboxylic acids is 1. The van der Waals surface area contributed by atoms with Gasteiger partial charge in [0.05, 0.1) is 84.3 Å². The number of carbonyl (C=O) groups is 7. The van der Waals surface area contributed by atoms with Gasteiger partial charge < -0.3 is 66.3 Å². The van der Waals surface area contributed by atoms with Crippen LogP contribution in [0, 0.1) is 0 Å². The number of unbranched alkanes of at least 4 members (excludes halogenated alkanes) is 2. The Morgan fingerprint density at radius 3 is 1.72 bits per heavy atom. The van der Waals surface area contributed by atoms with Gasteiger partial charge in [-0.05, 0) is 69.2 Å². The predicted molar refractivity (Wildman–Crippen MR) is 260 cm³/mol. The molecule has 2 heterocycles. The van der Waals surface area contributed by atoms with Crippen molar-refractivity contribution >= 4 is 58.4 Å². The molecule has 23 nitrogen and oxygen atoms in total. The van der Waals surface area contributed by atoms with E-state index in [0.29, 0.717) is 136 Å². The number of amides is 3. The molecule has 0 saturated heterocycles. The van der Waals surface area contributed by atoms with Crippen LogP contribution in [0.25, 0.3) is 0 Å². The second-order valence-electron chi connectivity index (χ2n) is 16.3. The second-order valence-corrected chi connectivity index (χ2v) is 16.3. The summed E-state index contributed by atoms with van der Waals surface area (Å²) < 4.78 is 33.0. The van der Waals surface area contributed by atoms with Gasteiger partial charge in [0.15, 0.2) is 17.3 Å². The summed E-state index contributed by atoms with van der Waals surface area (Å²) in [5.41, 5.74) is 12.5. The Balaban J connectivity index is 1.06. The Bertz CT molecular complexity index is 1970. The van der Waals surface area contributed by atoms with Crippen LogP contribution >= 0.6 is 0 Å². The molecule has 3 rings (SSSR count). The highest BCUT2D eigenvalue weighted by Gasteiger charge is 2.23. The summed E-state index contributed by atoms with van der Waals surface area (Å²) >= 11 is 0. The molecular weight excluding hydrogens is 927 g/mol. The van der Waals surface area contributed by atoms with Crippen molar-refractivity contribution in [3.63, 3.8) is 0 Å². The number of Topliss-reactive ketones (excluding diaryl/α,β-unsaturated/α-hetero) is 3. The van der Waals surface area contributed by atoms with E-state index < -0.39 is 17.9 Å². The van der Waals surface area contributed by atoms with Crippen molar-refractivity contribution in [3.05, 3.63) is 47.4 Å². The van der Waals surface area contributed by atoms with Crippen molar-refractivity contribution in [2.75, 3.05) is 104 Å². The topological polar surface area (TPSA) is 333 Å². The van der Waals surface area contributed by atoms with Crippen LogP contribution in [0.15, 0.2) is 35.5 Å². The summed E-state index contributed by atoms with van der Waals surface area (Å²) in [6.07, 6.45) is 6.74. The van der Waals surface area contributed by atoms with Gasteiger partial charge in [-0.2, -0.15) is 0 Å². The van der Waals surface area contributed by atoms with E-state index in [1.807, 2.05) is 0 Å². The molecule has 0 bridgehead atoms. The average molecular weight is 1000 g/mol. The summed E-state index contributed by atoms with van der Waals surface area (Å²) in [7, 11) is 0. The molecule has 1 aromatic carbocycles. The molecule has 1 unspecified atom stereocenters. The number of nitrogens with zero attached hydrogens (tertiary/aromatic N) is 3. The van der Waals surface area contributed by atoms with Crippen LogP contribution in [-0.4, -0.2) is 167 Å². The maximum Gasteiger partial charge on any atom is 0.326 e. The Labute approximate surface area is 414 Å². The highest BCUT2D eigenvalue weighted by molar-refractivity contribution is 6.13. The SMILES string of the molecule is NCC(=O)CCCCOCCOCCOCCCCC(=O)CCC(=O)NCCCOCCOCCOCCCNC(=O)CCC(NC(=O)c1ccc(NCc2cnc3c(n2)C(=O)CC(N)=N3)cc1)C(=O)O. The zero-order valence-electron chi connectivity index (χ0n) is 40.7. The number of benzene rings is 1. The first-order valence-electron chi connectivity index (χ1n) is 24.3. The Morgan fingerprint density at radius 2 is 1.17 bits per heavy atom. The Morgan fingerprint density at radius 1 is 0.648 bits per heavy atom. The van der Waals surface area contributed by atoms with E-state index in [2.05, 4.69) is 36.2 Å². The molecule has 1 aromatic heterocycles. The molecule has 71 heavy (non-hydrogen) atoms. The first-order chi connectivity index (χ1) is 34.4. The van der Waals surface area contributed by atoms with E-state index in [4.69, 9.17) is 39.9 Å². The molecular formula is C48H73N9O14. The summed E-state index contributed by atoms with van der Waals surface area (Å²) in [4.78, 5) is 97.1. The quantitative estimate of drug-likeness (QED) is 0.0467. The minimum atomic E-state index is -1.28. The minimum absolute atomic E-state index is 0.0140. The number of rotatable bonds is 43. The summed E-state index contributed by atoms with van der Waals surface area (Å²) in [5.74, 6) is -2.15. The summed E-state index contributed by atoms with van der Waals surface area (Å²) in [6.45, 7) is 6.44. The van der Waals surface area contributed by atoms with Crippen LogP contribution in [0.5, 0.6) is 0 Å². The molecule has 3 amide bonds. The lowest BCUT2D eigenvalue weighted by Gasteiger charge is -2.15. The maximum atomic E-state index is 12.8. The van der Waals surface area contributed by atoms with Crippen molar-refractivity contribution in [2.24, 2.45) is 16.5 Å². The number of aliphatic imine (C=N–C) groups is 1. The van der Waals surface area contributed by atoms with Crippen LogP contribution in [0.2, 0.25) is 0 Å². The second kappa shape index (κ2) is 37.0. The third kappa shape index (κ3) is 28.0.